The number of anilines is 1. The van der Waals surface area contributed by atoms with Gasteiger partial charge >= 0.3 is 31.3 Å². The number of thioether (sulfide) groups is 1. The summed E-state index contributed by atoms with van der Waals surface area (Å²) in [6, 6.07) is -1.04. The number of nitrogen functional groups attached to an aromatic ring is 1. The SMILES string of the molecule is Cc1ncc(COP(=O)(O)O)c(CNC(/C=C/OCCN)C(=O)SCCNC(=O)CCNC(=O)C(O)C(C)(C)COP(=O)(O)OP(=O)(O)OCC2OC(n3cnc4c(N)ncnc43)C(O)C2OP(=O)(O)O)c1O. The van der Waals surface area contributed by atoms with Crippen molar-refractivity contribution in [3.8, 4) is 5.75 Å². The van der Waals surface area contributed by atoms with E-state index in [1.807, 2.05) is 0 Å². The van der Waals surface area contributed by atoms with Crippen LogP contribution in [-0.2, 0) is 77.7 Å². The number of phosphoric acid groups is 4. The van der Waals surface area contributed by atoms with Crippen molar-refractivity contribution in [3.05, 3.63) is 48.0 Å². The molecule has 0 spiro atoms. The molecule has 0 radical (unpaired) electrons. The molecule has 8 atom stereocenters. The number of pyridine rings is 1. The number of imidazole rings is 1. The lowest BCUT2D eigenvalue weighted by Gasteiger charge is -2.30. The first kappa shape index (κ1) is 61.6. The second-order valence-corrected chi connectivity index (χ2v) is 22.6. The van der Waals surface area contributed by atoms with E-state index in [4.69, 9.17) is 39.8 Å². The van der Waals surface area contributed by atoms with E-state index in [0.29, 0.717) is 0 Å². The van der Waals surface area contributed by atoms with Crippen LogP contribution in [0.3, 0.4) is 0 Å². The lowest BCUT2D eigenvalue weighted by molar-refractivity contribution is -0.137. The lowest BCUT2D eigenvalue weighted by Crippen LogP contribution is -2.46. The zero-order chi connectivity index (χ0) is 54.5. The van der Waals surface area contributed by atoms with Gasteiger partial charge in [0.1, 0.15) is 42.0 Å². The number of ether oxygens (including phenoxy) is 2. The van der Waals surface area contributed by atoms with Crippen molar-refractivity contribution in [3.63, 3.8) is 0 Å². The standard InChI is InChI=1S/C35H56N10O23P4S/c1-19-26(47)21(20(12-40-19)14-63-69(52,53)54)13-41-22(5-9-62-10-6-36)34(51)73-11-8-38-24(46)4-7-39-32(50)29(49)35(2,3)16-65-72(60,61)68-71(58,59)64-15-23-28(67-70(55,56)57)27(48)33(66-23)45-18-44-25-30(37)42-17-43-31(25)45/h5,9,12,17-18,22-23,27-29,33,41,47-49H,4,6-8,10-11,13-16,36H2,1-3H3,(H,38,46)(H,39,50)(H,58,59)(H,60,61)(H2,37,42,43)(H2,52,53,54)(H2,55,56,57)/b9-5+. The molecule has 0 aliphatic carbocycles. The Labute approximate surface area is 418 Å². The number of phosphoric ester groups is 4. The van der Waals surface area contributed by atoms with Crippen LogP contribution in [0.1, 0.15) is 43.3 Å². The third-order valence-corrected chi connectivity index (χ3v) is 14.4. The normalized spacial score (nSPS) is 20.1. The Bertz CT molecular complexity index is 2620. The molecule has 1 saturated heterocycles. The highest BCUT2D eigenvalue weighted by Gasteiger charge is 2.50. The van der Waals surface area contributed by atoms with E-state index in [0.717, 1.165) is 29.0 Å². The molecule has 410 valence electrons. The fourth-order valence-corrected chi connectivity index (χ4v) is 10.1. The number of carbonyl (C=O) groups is 3. The van der Waals surface area contributed by atoms with Crippen molar-refractivity contribution in [2.75, 3.05) is 50.9 Å². The number of aliphatic hydroxyl groups is 2. The Hall–Kier alpha value is -3.92. The summed E-state index contributed by atoms with van der Waals surface area (Å²) in [6.07, 6.45) is -3.47. The molecule has 4 rings (SSSR count). The molecular weight excluding hydrogens is 1080 g/mol. The second-order valence-electron chi connectivity index (χ2n) is 16.0. The van der Waals surface area contributed by atoms with E-state index in [1.165, 1.54) is 39.3 Å². The molecule has 3 aromatic heterocycles. The van der Waals surface area contributed by atoms with Crippen molar-refractivity contribution >= 4 is 77.0 Å². The molecule has 0 bridgehead atoms. The van der Waals surface area contributed by atoms with Gasteiger partial charge in [0, 0.05) is 61.1 Å². The van der Waals surface area contributed by atoms with Crippen molar-refractivity contribution < 1.29 is 109 Å². The molecule has 1 fully saturated rings. The maximum Gasteiger partial charge on any atom is 0.481 e. The zero-order valence-corrected chi connectivity index (χ0v) is 43.1. The van der Waals surface area contributed by atoms with Crippen LogP contribution in [0.25, 0.3) is 11.2 Å². The van der Waals surface area contributed by atoms with Gasteiger partial charge in [0.05, 0.1) is 50.8 Å². The van der Waals surface area contributed by atoms with Gasteiger partial charge in [-0.3, -0.25) is 47.3 Å². The first-order chi connectivity index (χ1) is 33.9. The zero-order valence-electron chi connectivity index (χ0n) is 38.8. The van der Waals surface area contributed by atoms with Crippen LogP contribution >= 0.6 is 43.1 Å². The van der Waals surface area contributed by atoms with Gasteiger partial charge in [0.25, 0.3) is 0 Å². The topological polar surface area (TPSA) is 511 Å². The summed E-state index contributed by atoms with van der Waals surface area (Å²) >= 11 is 0.806. The average Bonchev–Trinajstić information content (AvgIpc) is 3.86. The Balaban J connectivity index is 1.22. The van der Waals surface area contributed by atoms with Gasteiger partial charge in [-0.2, -0.15) is 4.31 Å². The molecule has 4 heterocycles. The molecule has 73 heavy (non-hydrogen) atoms. The van der Waals surface area contributed by atoms with Gasteiger partial charge in [-0.15, -0.1) is 0 Å². The summed E-state index contributed by atoms with van der Waals surface area (Å²) in [4.78, 5) is 112. The van der Waals surface area contributed by atoms with E-state index in [9.17, 15) is 67.5 Å². The number of hydrogen-bond acceptors (Lipinski definition) is 25. The smallest absolute Gasteiger partial charge is 0.481 e. The maximum atomic E-state index is 13.2. The minimum atomic E-state index is -5.64. The molecule has 33 nitrogen and oxygen atoms in total. The highest BCUT2D eigenvalue weighted by molar-refractivity contribution is 8.13. The predicted molar refractivity (Wildman–Crippen MR) is 249 cm³/mol. The third-order valence-electron chi connectivity index (χ3n) is 9.92. The number of rotatable bonds is 30. The number of hydrogen-bond donors (Lipinski definition) is 14. The molecule has 16 N–H and O–H groups in total. The first-order valence-corrected chi connectivity index (χ1v) is 28.1. The summed E-state index contributed by atoms with van der Waals surface area (Å²) in [6.45, 7) is 0.961. The molecule has 1 aliphatic rings. The number of fused-ring (bicyclic) bond motifs is 1. The van der Waals surface area contributed by atoms with Crippen LogP contribution in [0, 0.1) is 12.3 Å². The Morgan fingerprint density at radius 2 is 1.68 bits per heavy atom. The molecule has 3 aromatic rings. The summed E-state index contributed by atoms with van der Waals surface area (Å²) in [5.74, 6) is -1.94. The fraction of sp³-hybridized carbons (Fsp3) is 0.571. The minimum Gasteiger partial charge on any atom is -0.506 e. The van der Waals surface area contributed by atoms with Gasteiger partial charge in [0.15, 0.2) is 17.7 Å². The van der Waals surface area contributed by atoms with Crippen LogP contribution in [0.5, 0.6) is 5.75 Å². The molecule has 2 amide bonds. The molecule has 38 heteroatoms. The fourth-order valence-electron chi connectivity index (χ4n) is 6.24. The molecule has 8 unspecified atom stereocenters. The van der Waals surface area contributed by atoms with Gasteiger partial charge in [-0.1, -0.05) is 25.6 Å². The van der Waals surface area contributed by atoms with E-state index in [-0.39, 0.29) is 84.5 Å². The second kappa shape index (κ2) is 26.7. The van der Waals surface area contributed by atoms with E-state index >= 15 is 0 Å². The van der Waals surface area contributed by atoms with Crippen molar-refractivity contribution in [1.82, 2.24) is 40.5 Å². The largest absolute Gasteiger partial charge is 0.506 e. The number of nitrogens with zero attached hydrogens (tertiary/aromatic N) is 5. The van der Waals surface area contributed by atoms with Gasteiger partial charge < -0.3 is 76.3 Å². The Kier molecular flexibility index (Phi) is 22.6. The summed E-state index contributed by atoms with van der Waals surface area (Å²) in [5.41, 5.74) is 10.1. The number of aliphatic hydroxyl groups excluding tert-OH is 2. The summed E-state index contributed by atoms with van der Waals surface area (Å²) in [5, 5.41) is 39.6. The van der Waals surface area contributed by atoms with Crippen molar-refractivity contribution in [1.29, 1.82) is 0 Å². The van der Waals surface area contributed by atoms with Gasteiger partial charge in [-0.05, 0) is 13.0 Å². The van der Waals surface area contributed by atoms with Crippen LogP contribution in [0.2, 0.25) is 0 Å². The van der Waals surface area contributed by atoms with Gasteiger partial charge in [-0.25, -0.2) is 33.2 Å². The molecule has 1 aliphatic heterocycles. The summed E-state index contributed by atoms with van der Waals surface area (Å²) in [7, 11) is -21.5. The number of nitrogens with two attached hydrogens (primary N) is 2. The Morgan fingerprint density at radius 1 is 0.986 bits per heavy atom. The molecular formula is C35H56N10O23P4S. The maximum absolute atomic E-state index is 13.2. The molecule has 0 saturated carbocycles. The number of aromatic nitrogens is 5. The number of aromatic hydroxyl groups is 1. The van der Waals surface area contributed by atoms with E-state index in [1.54, 1.807) is 0 Å². The highest BCUT2D eigenvalue weighted by atomic mass is 32.2. The van der Waals surface area contributed by atoms with Crippen LogP contribution in [0.15, 0.2) is 31.2 Å². The summed E-state index contributed by atoms with van der Waals surface area (Å²) < 4.78 is 83.5. The average molecular weight is 1140 g/mol. The molecule has 0 aromatic carbocycles. The van der Waals surface area contributed by atoms with Crippen molar-refractivity contribution in [2.45, 2.75) is 77.0 Å². The third kappa shape index (κ3) is 19.3. The predicted octanol–water partition coefficient (Wildman–Crippen LogP) is -1.67. The van der Waals surface area contributed by atoms with Crippen molar-refractivity contribution in [2.24, 2.45) is 11.1 Å². The first-order valence-electron chi connectivity index (χ1n) is 21.1. The monoisotopic (exact) mass is 1140 g/mol. The number of carbonyl (C=O) groups excluding carboxylic acids is 3. The number of aryl methyl sites for hydroxylation is 1. The highest BCUT2D eigenvalue weighted by Crippen LogP contribution is 2.61. The Morgan fingerprint density at radius 3 is 2.36 bits per heavy atom. The minimum absolute atomic E-state index is 0.00505. The van der Waals surface area contributed by atoms with Crippen LogP contribution in [-0.4, -0.2) is 162 Å². The van der Waals surface area contributed by atoms with E-state index in [2.05, 4.69) is 49.2 Å². The van der Waals surface area contributed by atoms with Gasteiger partial charge in [0.2, 0.25) is 16.9 Å². The number of nitrogens with one attached hydrogen (secondary N) is 3. The van der Waals surface area contributed by atoms with Crippen LogP contribution in [0.4, 0.5) is 5.82 Å². The lowest BCUT2D eigenvalue weighted by atomic mass is 9.87. The van der Waals surface area contributed by atoms with E-state index < -0.39 is 110 Å². The quantitative estimate of drug-likeness (QED) is 0.0202. The van der Waals surface area contributed by atoms with Crippen LogP contribution < -0.4 is 27.4 Å². The number of amides is 2.